The molecule has 0 aliphatic carbocycles. The summed E-state index contributed by atoms with van der Waals surface area (Å²) in [6.07, 6.45) is 0.937. The van der Waals surface area contributed by atoms with E-state index in [0.29, 0.717) is 18.8 Å². The lowest BCUT2D eigenvalue weighted by atomic mass is 10.2. The van der Waals surface area contributed by atoms with E-state index in [9.17, 15) is 13.2 Å². The van der Waals surface area contributed by atoms with Crippen LogP contribution in [0, 0.1) is 0 Å². The number of sulfone groups is 1. The zero-order valence-corrected chi connectivity index (χ0v) is 12.1. The van der Waals surface area contributed by atoms with Gasteiger partial charge in [0.25, 0.3) is 0 Å². The molecule has 1 aromatic carbocycles. The van der Waals surface area contributed by atoms with Gasteiger partial charge in [-0.05, 0) is 37.6 Å². The molecule has 1 atom stereocenters. The molecule has 0 spiro atoms. The third-order valence-corrected chi connectivity index (χ3v) is 3.58. The number of carbonyl (C=O) groups excluding carboxylic acids is 1. The molecule has 1 aromatic rings. The fraction of sp³-hybridized carbons (Fsp3) is 0.462. The minimum absolute atomic E-state index is 0.212. The Bertz CT molecular complexity index is 518. The Labute approximate surface area is 113 Å². The van der Waals surface area contributed by atoms with Crippen molar-refractivity contribution in [2.24, 2.45) is 0 Å². The molecule has 19 heavy (non-hydrogen) atoms. The summed E-state index contributed by atoms with van der Waals surface area (Å²) < 4.78 is 33.0. The Morgan fingerprint density at radius 2 is 1.79 bits per heavy atom. The number of hydrogen-bond donors (Lipinski definition) is 0. The molecule has 0 aromatic heterocycles. The van der Waals surface area contributed by atoms with Crippen molar-refractivity contribution in [1.29, 1.82) is 0 Å². The van der Waals surface area contributed by atoms with Gasteiger partial charge in [-0.3, -0.25) is 0 Å². The molecule has 0 bridgehead atoms. The van der Waals surface area contributed by atoms with Crippen LogP contribution in [-0.4, -0.2) is 33.4 Å². The Morgan fingerprint density at radius 1 is 1.21 bits per heavy atom. The number of esters is 1. The molecule has 0 saturated heterocycles. The summed E-state index contributed by atoms with van der Waals surface area (Å²) in [6, 6.07) is 5.95. The van der Waals surface area contributed by atoms with Crippen molar-refractivity contribution >= 4 is 15.8 Å². The van der Waals surface area contributed by atoms with Crippen LogP contribution in [0.15, 0.2) is 29.2 Å². The maximum absolute atomic E-state index is 11.6. The summed E-state index contributed by atoms with van der Waals surface area (Å²) in [6.45, 7) is 3.84. The Hall–Kier alpha value is -1.56. The highest BCUT2D eigenvalue weighted by Gasteiger charge is 2.19. The second-order valence-corrected chi connectivity index (χ2v) is 6.03. The second kappa shape index (κ2) is 6.56. The third-order valence-electron chi connectivity index (χ3n) is 2.45. The predicted molar refractivity (Wildman–Crippen MR) is 70.9 cm³/mol. The van der Waals surface area contributed by atoms with Crippen LogP contribution < -0.4 is 4.74 Å². The van der Waals surface area contributed by atoms with Crippen LogP contribution in [0.25, 0.3) is 0 Å². The molecule has 6 heteroatoms. The lowest BCUT2D eigenvalue weighted by Crippen LogP contribution is -2.28. The van der Waals surface area contributed by atoms with Crippen LogP contribution >= 0.6 is 0 Å². The van der Waals surface area contributed by atoms with E-state index in [2.05, 4.69) is 0 Å². The van der Waals surface area contributed by atoms with Crippen LogP contribution in [0.5, 0.6) is 5.75 Å². The van der Waals surface area contributed by atoms with E-state index >= 15 is 0 Å². The molecule has 0 fully saturated rings. The summed E-state index contributed by atoms with van der Waals surface area (Å²) in [5.74, 6) is 0.0180. The Balaban J connectivity index is 2.79. The van der Waals surface area contributed by atoms with Gasteiger partial charge >= 0.3 is 5.97 Å². The molecule has 0 aliphatic rings. The molecule has 106 valence electrons. The van der Waals surface area contributed by atoms with E-state index in [-0.39, 0.29) is 4.90 Å². The van der Waals surface area contributed by atoms with Gasteiger partial charge in [0.1, 0.15) is 5.75 Å². The van der Waals surface area contributed by atoms with E-state index in [0.717, 1.165) is 6.26 Å². The van der Waals surface area contributed by atoms with E-state index in [1.165, 1.54) is 24.3 Å². The molecule has 0 aliphatic heterocycles. The number of carbonyl (C=O) groups is 1. The lowest BCUT2D eigenvalue weighted by Gasteiger charge is -2.16. The summed E-state index contributed by atoms with van der Waals surface area (Å²) in [5.41, 5.74) is 0. The first-order valence-corrected chi connectivity index (χ1v) is 7.91. The van der Waals surface area contributed by atoms with Crippen LogP contribution in [-0.2, 0) is 19.4 Å². The van der Waals surface area contributed by atoms with Crippen LogP contribution in [0.4, 0.5) is 0 Å². The van der Waals surface area contributed by atoms with Crippen molar-refractivity contribution in [2.45, 2.75) is 31.3 Å². The standard InChI is InChI=1S/C13H18O5S/c1-4-12(13(14)17-5-2)18-10-6-8-11(9-7-10)19(3,15)16/h6-9,12H,4-5H2,1-3H3/t12-/m1/s1. The highest BCUT2D eigenvalue weighted by molar-refractivity contribution is 7.90. The first-order valence-electron chi connectivity index (χ1n) is 6.01. The van der Waals surface area contributed by atoms with Crippen LogP contribution in [0.3, 0.4) is 0 Å². The second-order valence-electron chi connectivity index (χ2n) is 4.01. The summed E-state index contributed by atoms with van der Waals surface area (Å²) in [5, 5.41) is 0. The maximum Gasteiger partial charge on any atom is 0.347 e. The minimum atomic E-state index is -3.23. The molecule has 0 radical (unpaired) electrons. The molecule has 1 rings (SSSR count). The molecule has 0 saturated carbocycles. The maximum atomic E-state index is 11.6. The lowest BCUT2D eigenvalue weighted by molar-refractivity contribution is -0.151. The smallest absolute Gasteiger partial charge is 0.347 e. The van der Waals surface area contributed by atoms with Gasteiger partial charge in [-0.15, -0.1) is 0 Å². The van der Waals surface area contributed by atoms with Gasteiger partial charge in [0.15, 0.2) is 15.9 Å². The number of hydrogen-bond acceptors (Lipinski definition) is 5. The van der Waals surface area contributed by atoms with E-state index < -0.39 is 21.9 Å². The molecule has 5 nitrogen and oxygen atoms in total. The van der Waals surface area contributed by atoms with Crippen molar-refractivity contribution in [3.05, 3.63) is 24.3 Å². The van der Waals surface area contributed by atoms with Gasteiger partial charge in [0.2, 0.25) is 0 Å². The fourth-order valence-electron chi connectivity index (χ4n) is 1.46. The third kappa shape index (κ3) is 4.55. The van der Waals surface area contributed by atoms with Gasteiger partial charge in [-0.1, -0.05) is 6.92 Å². The first-order chi connectivity index (χ1) is 8.88. The van der Waals surface area contributed by atoms with Gasteiger partial charge in [0, 0.05) is 6.26 Å². The van der Waals surface area contributed by atoms with Crippen molar-refractivity contribution < 1.29 is 22.7 Å². The highest BCUT2D eigenvalue weighted by Crippen LogP contribution is 2.18. The predicted octanol–water partition coefficient (Wildman–Crippen LogP) is 1.81. The SMILES string of the molecule is CCOC(=O)[C@@H](CC)Oc1ccc(S(C)(=O)=O)cc1. The Morgan fingerprint density at radius 3 is 2.21 bits per heavy atom. The Kier molecular flexibility index (Phi) is 5.35. The average molecular weight is 286 g/mol. The molecule has 0 amide bonds. The summed E-state index contributed by atoms with van der Waals surface area (Å²) in [7, 11) is -3.23. The monoisotopic (exact) mass is 286 g/mol. The van der Waals surface area contributed by atoms with E-state index in [1.54, 1.807) is 6.92 Å². The van der Waals surface area contributed by atoms with Gasteiger partial charge in [-0.2, -0.15) is 0 Å². The average Bonchev–Trinajstić information content (AvgIpc) is 2.35. The summed E-state index contributed by atoms with van der Waals surface area (Å²) in [4.78, 5) is 11.8. The largest absolute Gasteiger partial charge is 0.479 e. The number of benzene rings is 1. The molecule has 0 unspecified atom stereocenters. The van der Waals surface area contributed by atoms with Crippen molar-refractivity contribution in [3.63, 3.8) is 0 Å². The van der Waals surface area contributed by atoms with Crippen LogP contribution in [0.2, 0.25) is 0 Å². The molecule has 0 N–H and O–H groups in total. The fourth-order valence-corrected chi connectivity index (χ4v) is 2.09. The summed E-state index contributed by atoms with van der Waals surface area (Å²) >= 11 is 0. The zero-order chi connectivity index (χ0) is 14.5. The van der Waals surface area contributed by atoms with E-state index in [4.69, 9.17) is 9.47 Å². The quantitative estimate of drug-likeness (QED) is 0.746. The first kappa shape index (κ1) is 15.5. The van der Waals surface area contributed by atoms with Gasteiger partial charge < -0.3 is 9.47 Å². The van der Waals surface area contributed by atoms with Gasteiger partial charge in [-0.25, -0.2) is 13.2 Å². The number of ether oxygens (including phenoxy) is 2. The molecular weight excluding hydrogens is 268 g/mol. The van der Waals surface area contributed by atoms with Crippen molar-refractivity contribution in [2.75, 3.05) is 12.9 Å². The minimum Gasteiger partial charge on any atom is -0.479 e. The van der Waals surface area contributed by atoms with E-state index in [1.807, 2.05) is 6.92 Å². The van der Waals surface area contributed by atoms with Crippen molar-refractivity contribution in [3.8, 4) is 5.75 Å². The normalized spacial score (nSPS) is 12.8. The van der Waals surface area contributed by atoms with Crippen molar-refractivity contribution in [1.82, 2.24) is 0 Å². The zero-order valence-electron chi connectivity index (χ0n) is 11.3. The highest BCUT2D eigenvalue weighted by atomic mass is 32.2. The molecule has 0 heterocycles. The number of rotatable bonds is 6. The topological polar surface area (TPSA) is 69.7 Å². The van der Waals surface area contributed by atoms with Crippen LogP contribution in [0.1, 0.15) is 20.3 Å². The van der Waals surface area contributed by atoms with Gasteiger partial charge in [0.05, 0.1) is 11.5 Å². The molecular formula is C13H18O5S.